The zero-order chi connectivity index (χ0) is 18.8. The lowest BCUT2D eigenvalue weighted by atomic mass is 10.2. The summed E-state index contributed by atoms with van der Waals surface area (Å²) in [4.78, 5) is 6.40. The highest BCUT2D eigenvalue weighted by atomic mass is 32.2. The third-order valence-electron chi connectivity index (χ3n) is 4.27. The largest absolute Gasteiger partial charge is 0.385 e. The molecule has 2 heterocycles. The molecule has 1 N–H and O–H groups in total. The molecule has 0 aliphatic carbocycles. The van der Waals surface area contributed by atoms with Crippen molar-refractivity contribution in [2.45, 2.75) is 25.0 Å². The first-order valence-electron chi connectivity index (χ1n) is 8.88. The summed E-state index contributed by atoms with van der Waals surface area (Å²) in [7, 11) is 0.0850. The molecule has 1 aromatic rings. The molecule has 148 valence electrons. The summed E-state index contributed by atoms with van der Waals surface area (Å²) < 4.78 is 36.2. The number of piperazine rings is 1. The van der Waals surface area contributed by atoms with E-state index in [4.69, 9.17) is 9.26 Å². The highest BCUT2D eigenvalue weighted by Crippen LogP contribution is 2.12. The third kappa shape index (κ3) is 6.26. The Morgan fingerprint density at radius 2 is 2.08 bits per heavy atom. The van der Waals surface area contributed by atoms with E-state index >= 15 is 0 Å². The number of hydrogen-bond donors (Lipinski definition) is 1. The summed E-state index contributed by atoms with van der Waals surface area (Å²) in [5.74, 6) is 0.697. The van der Waals surface area contributed by atoms with Gasteiger partial charge in [-0.15, -0.1) is 0 Å². The van der Waals surface area contributed by atoms with Gasteiger partial charge in [0.05, 0.1) is 5.69 Å². The Hall–Kier alpha value is -1.65. The van der Waals surface area contributed by atoms with E-state index in [1.54, 1.807) is 20.2 Å². The predicted molar refractivity (Wildman–Crippen MR) is 99.4 cm³/mol. The molecule has 0 unspecified atom stereocenters. The van der Waals surface area contributed by atoms with E-state index in [0.29, 0.717) is 31.9 Å². The molecule has 10 heteroatoms. The van der Waals surface area contributed by atoms with Crippen LogP contribution in [-0.2, 0) is 20.5 Å². The van der Waals surface area contributed by atoms with Crippen molar-refractivity contribution in [3.63, 3.8) is 0 Å². The highest BCUT2D eigenvalue weighted by Gasteiger charge is 2.28. The molecular weight excluding hydrogens is 358 g/mol. The Bertz CT molecular complexity index is 640. The minimum Gasteiger partial charge on any atom is -0.385 e. The van der Waals surface area contributed by atoms with E-state index in [-0.39, 0.29) is 5.75 Å². The molecule has 2 rings (SSSR count). The number of aromatic nitrogens is 1. The fourth-order valence-electron chi connectivity index (χ4n) is 2.85. The van der Waals surface area contributed by atoms with Gasteiger partial charge in [0.2, 0.25) is 10.0 Å². The van der Waals surface area contributed by atoms with E-state index in [0.717, 1.165) is 38.4 Å². The van der Waals surface area contributed by atoms with Gasteiger partial charge in [-0.25, -0.2) is 8.42 Å². The number of guanidine groups is 1. The van der Waals surface area contributed by atoms with Crippen LogP contribution < -0.4 is 5.32 Å². The molecule has 0 aromatic carbocycles. The molecule has 26 heavy (non-hydrogen) atoms. The molecule has 0 radical (unpaired) electrons. The lowest BCUT2D eigenvalue weighted by Gasteiger charge is -2.35. The second kappa shape index (κ2) is 10.5. The fraction of sp³-hybridized carbons (Fsp3) is 0.750. The zero-order valence-corrected chi connectivity index (χ0v) is 16.4. The average molecular weight is 388 g/mol. The topological polar surface area (TPSA) is 100 Å². The van der Waals surface area contributed by atoms with Crippen molar-refractivity contribution in [2.24, 2.45) is 4.99 Å². The molecule has 9 nitrogen and oxygen atoms in total. The molecule has 1 aliphatic rings. The van der Waals surface area contributed by atoms with Gasteiger partial charge in [-0.3, -0.25) is 4.99 Å². The Kier molecular flexibility index (Phi) is 8.33. The van der Waals surface area contributed by atoms with E-state index < -0.39 is 10.0 Å². The van der Waals surface area contributed by atoms with Crippen LogP contribution in [0, 0.1) is 0 Å². The molecule has 0 saturated carbocycles. The van der Waals surface area contributed by atoms with E-state index in [1.807, 2.05) is 0 Å². The van der Waals surface area contributed by atoms with Crippen LogP contribution in [0.4, 0.5) is 0 Å². The number of ether oxygens (including phenoxy) is 1. The Morgan fingerprint density at radius 3 is 2.69 bits per heavy atom. The highest BCUT2D eigenvalue weighted by molar-refractivity contribution is 7.88. The van der Waals surface area contributed by atoms with Crippen LogP contribution in [0.5, 0.6) is 0 Å². The lowest BCUT2D eigenvalue weighted by molar-refractivity contribution is 0.192. The molecule has 1 aliphatic heterocycles. The number of aliphatic imine (C=N–C) groups is 1. The second-order valence-electron chi connectivity index (χ2n) is 6.16. The second-order valence-corrected chi connectivity index (χ2v) is 8.13. The molecule has 0 amide bonds. The van der Waals surface area contributed by atoms with Gasteiger partial charge in [0, 0.05) is 59.6 Å². The van der Waals surface area contributed by atoms with Gasteiger partial charge in [-0.2, -0.15) is 4.31 Å². The summed E-state index contributed by atoms with van der Waals surface area (Å²) in [6.45, 7) is 3.74. The van der Waals surface area contributed by atoms with Gasteiger partial charge in [-0.1, -0.05) is 5.16 Å². The van der Waals surface area contributed by atoms with Crippen LogP contribution in [0.15, 0.2) is 21.8 Å². The molecule has 1 fully saturated rings. The first-order valence-corrected chi connectivity index (χ1v) is 10.5. The lowest BCUT2D eigenvalue weighted by Crippen LogP contribution is -2.54. The van der Waals surface area contributed by atoms with Crippen molar-refractivity contribution < 1.29 is 17.7 Å². The van der Waals surface area contributed by atoms with Gasteiger partial charge in [0.15, 0.2) is 5.96 Å². The summed E-state index contributed by atoms with van der Waals surface area (Å²) in [6, 6.07) is 1.58. The zero-order valence-electron chi connectivity index (χ0n) is 15.6. The number of hydrogen-bond acceptors (Lipinski definition) is 6. The van der Waals surface area contributed by atoms with E-state index in [9.17, 15) is 8.42 Å². The van der Waals surface area contributed by atoms with Crippen LogP contribution in [0.25, 0.3) is 0 Å². The first-order chi connectivity index (χ1) is 12.6. The molecule has 1 saturated heterocycles. The van der Waals surface area contributed by atoms with Gasteiger partial charge >= 0.3 is 0 Å². The average Bonchev–Trinajstić information content (AvgIpc) is 3.14. The van der Waals surface area contributed by atoms with Gasteiger partial charge < -0.3 is 19.5 Å². The van der Waals surface area contributed by atoms with E-state index in [1.165, 1.54) is 10.6 Å². The van der Waals surface area contributed by atoms with Crippen LogP contribution in [-0.4, -0.2) is 82.2 Å². The Morgan fingerprint density at radius 1 is 1.31 bits per heavy atom. The van der Waals surface area contributed by atoms with E-state index in [2.05, 4.69) is 20.4 Å². The summed E-state index contributed by atoms with van der Waals surface area (Å²) in [6.07, 6.45) is 4.59. The van der Waals surface area contributed by atoms with Gasteiger partial charge in [0.1, 0.15) is 12.0 Å². The number of nitrogens with one attached hydrogen (secondary N) is 1. The van der Waals surface area contributed by atoms with Crippen molar-refractivity contribution in [1.29, 1.82) is 0 Å². The molecule has 0 bridgehead atoms. The maximum Gasteiger partial charge on any atom is 0.220 e. The Labute approximate surface area is 155 Å². The summed E-state index contributed by atoms with van der Waals surface area (Å²) >= 11 is 0. The molecule has 0 atom stereocenters. The minimum absolute atomic E-state index is 0.127. The predicted octanol–water partition coefficient (Wildman–Crippen LogP) is 0.514. The quantitative estimate of drug-likeness (QED) is 0.374. The number of rotatable bonds is 9. The first kappa shape index (κ1) is 20.7. The summed E-state index contributed by atoms with van der Waals surface area (Å²) in [5.41, 5.74) is 0.429. The number of nitrogens with zero attached hydrogens (tertiary/aromatic N) is 4. The van der Waals surface area contributed by atoms with Crippen LogP contribution in [0.1, 0.15) is 25.0 Å². The molecular formula is C16H29N5O4S. The Balaban J connectivity index is 1.75. The van der Waals surface area contributed by atoms with Gasteiger partial charge in [0.25, 0.3) is 0 Å². The molecule has 1 aromatic heterocycles. The maximum atomic E-state index is 12.5. The van der Waals surface area contributed by atoms with Crippen LogP contribution in [0.2, 0.25) is 0 Å². The van der Waals surface area contributed by atoms with Crippen molar-refractivity contribution in [3.05, 3.63) is 18.0 Å². The van der Waals surface area contributed by atoms with Crippen molar-refractivity contribution in [2.75, 3.05) is 53.5 Å². The number of unbranched alkanes of at least 4 members (excludes halogenated alkanes) is 2. The van der Waals surface area contributed by atoms with Gasteiger partial charge in [-0.05, 0) is 19.3 Å². The minimum atomic E-state index is -3.38. The molecule has 0 spiro atoms. The van der Waals surface area contributed by atoms with Crippen LogP contribution in [0.3, 0.4) is 0 Å². The maximum absolute atomic E-state index is 12.5. The van der Waals surface area contributed by atoms with Crippen molar-refractivity contribution >= 4 is 16.0 Å². The smallest absolute Gasteiger partial charge is 0.220 e. The van der Waals surface area contributed by atoms with Crippen LogP contribution >= 0.6 is 0 Å². The third-order valence-corrected chi connectivity index (χ3v) is 6.09. The van der Waals surface area contributed by atoms with Crippen molar-refractivity contribution in [1.82, 2.24) is 19.7 Å². The standard InChI is InChI=1S/C16H29N5O4S/c1-17-16(18-7-4-3-5-12-24-2)20-8-10-21(11-9-20)26(22,23)14-15-6-13-25-19-15/h6,13H,3-5,7-12,14H2,1-2H3,(H,17,18). The van der Waals surface area contributed by atoms with Crippen molar-refractivity contribution in [3.8, 4) is 0 Å². The number of methoxy groups -OCH3 is 1. The number of sulfonamides is 1. The summed E-state index contributed by atoms with van der Waals surface area (Å²) in [5, 5.41) is 7.04. The normalized spacial score (nSPS) is 16.8. The monoisotopic (exact) mass is 387 g/mol. The SMILES string of the molecule is CN=C(NCCCCCOC)N1CCN(S(=O)(=O)Cc2ccon2)CC1. The fourth-order valence-corrected chi connectivity index (χ4v) is 4.27.